The molecule has 1 spiro atoms. The molecule has 1 fully saturated rings. The summed E-state index contributed by atoms with van der Waals surface area (Å²) in [6.07, 6.45) is 5.94. The maximum absolute atomic E-state index is 14.4. The smallest absolute Gasteiger partial charge is 0.264 e. The van der Waals surface area contributed by atoms with E-state index >= 15 is 0 Å². The Kier molecular flexibility index (Phi) is 4.38. The van der Waals surface area contributed by atoms with Gasteiger partial charge in [0.25, 0.3) is 5.91 Å². The highest BCUT2D eigenvalue weighted by Gasteiger charge is 2.46. The van der Waals surface area contributed by atoms with E-state index in [9.17, 15) is 17.6 Å². The number of primary sulfonamides is 1. The molecule has 31 heavy (non-hydrogen) atoms. The molecule has 5 rings (SSSR count). The Morgan fingerprint density at radius 3 is 2.65 bits per heavy atom. The SMILES string of the molecule is NS(=O)(=O)c1ccc(Nc2ncc3cc4n(c3n2)C2(CCCCC2)C(=O)NN4)c(F)c1. The second kappa shape index (κ2) is 6.89. The van der Waals surface area contributed by atoms with Gasteiger partial charge in [-0.1, -0.05) is 19.3 Å². The van der Waals surface area contributed by atoms with E-state index in [0.717, 1.165) is 30.7 Å². The van der Waals surface area contributed by atoms with E-state index in [1.807, 2.05) is 10.6 Å². The van der Waals surface area contributed by atoms with Gasteiger partial charge in [-0.25, -0.2) is 22.9 Å². The average Bonchev–Trinajstić information content (AvgIpc) is 3.11. The first kappa shape index (κ1) is 19.7. The van der Waals surface area contributed by atoms with Crippen molar-refractivity contribution in [2.24, 2.45) is 5.14 Å². The van der Waals surface area contributed by atoms with Crippen LogP contribution in [-0.2, 0) is 20.4 Å². The first-order valence-corrected chi connectivity index (χ1v) is 11.4. The summed E-state index contributed by atoms with van der Waals surface area (Å²) in [5, 5.41) is 8.55. The van der Waals surface area contributed by atoms with Crippen molar-refractivity contribution in [3.63, 3.8) is 0 Å². The summed E-state index contributed by atoms with van der Waals surface area (Å²) < 4.78 is 39.1. The van der Waals surface area contributed by atoms with Crippen molar-refractivity contribution in [3.05, 3.63) is 36.3 Å². The van der Waals surface area contributed by atoms with E-state index in [2.05, 4.69) is 26.1 Å². The van der Waals surface area contributed by atoms with E-state index in [1.165, 1.54) is 12.1 Å². The predicted molar refractivity (Wildman–Crippen MR) is 111 cm³/mol. The van der Waals surface area contributed by atoms with Crippen LogP contribution >= 0.6 is 0 Å². The molecular formula is C19H20FN7O3S. The Balaban J connectivity index is 1.57. The van der Waals surface area contributed by atoms with Crippen molar-refractivity contribution in [1.29, 1.82) is 0 Å². The molecule has 2 aliphatic rings. The van der Waals surface area contributed by atoms with Gasteiger partial charge >= 0.3 is 0 Å². The molecule has 5 N–H and O–H groups in total. The van der Waals surface area contributed by atoms with E-state index in [4.69, 9.17) is 5.14 Å². The van der Waals surface area contributed by atoms with Gasteiger partial charge in [0, 0.05) is 11.6 Å². The van der Waals surface area contributed by atoms with E-state index in [0.29, 0.717) is 24.3 Å². The van der Waals surface area contributed by atoms with Gasteiger partial charge in [-0.05, 0) is 37.1 Å². The molecule has 3 heterocycles. The Bertz CT molecular complexity index is 1320. The van der Waals surface area contributed by atoms with Gasteiger partial charge in [0.05, 0.1) is 10.6 Å². The van der Waals surface area contributed by atoms with Crippen LogP contribution in [-0.4, -0.2) is 28.9 Å². The van der Waals surface area contributed by atoms with Crippen molar-refractivity contribution in [1.82, 2.24) is 20.0 Å². The number of nitrogens with one attached hydrogen (secondary N) is 3. The summed E-state index contributed by atoms with van der Waals surface area (Å²) in [5.41, 5.74) is 5.50. The van der Waals surface area contributed by atoms with E-state index in [-0.39, 0.29) is 22.4 Å². The maximum atomic E-state index is 14.4. The van der Waals surface area contributed by atoms with Crippen LogP contribution in [0.1, 0.15) is 32.1 Å². The zero-order valence-electron chi connectivity index (χ0n) is 16.4. The molecule has 0 atom stereocenters. The Morgan fingerprint density at radius 1 is 1.16 bits per heavy atom. The number of rotatable bonds is 3. The number of benzene rings is 1. The molecule has 0 saturated heterocycles. The summed E-state index contributed by atoms with van der Waals surface area (Å²) >= 11 is 0. The number of hydrogen-bond donors (Lipinski definition) is 4. The van der Waals surface area contributed by atoms with Crippen LogP contribution in [0.4, 0.5) is 21.8 Å². The number of carbonyl (C=O) groups excluding carboxylic acids is 1. The van der Waals surface area contributed by atoms with Gasteiger partial charge in [0.1, 0.15) is 22.8 Å². The third-order valence-electron chi connectivity index (χ3n) is 5.89. The van der Waals surface area contributed by atoms with Crippen LogP contribution in [0.15, 0.2) is 35.4 Å². The minimum atomic E-state index is -4.01. The normalized spacial score (nSPS) is 17.8. The van der Waals surface area contributed by atoms with Gasteiger partial charge in [0.15, 0.2) is 0 Å². The molecule has 1 amide bonds. The fourth-order valence-electron chi connectivity index (χ4n) is 4.40. The highest BCUT2D eigenvalue weighted by atomic mass is 32.2. The molecule has 1 aliphatic heterocycles. The number of sulfonamides is 1. The average molecular weight is 445 g/mol. The lowest BCUT2D eigenvalue weighted by Gasteiger charge is -2.41. The molecule has 162 valence electrons. The lowest BCUT2D eigenvalue weighted by atomic mass is 9.80. The Labute approximate surface area is 177 Å². The zero-order valence-corrected chi connectivity index (χ0v) is 17.2. The number of fused-ring (bicyclic) bond motifs is 4. The lowest BCUT2D eigenvalue weighted by Crippen LogP contribution is -2.55. The predicted octanol–water partition coefficient (Wildman–Crippen LogP) is 2.08. The summed E-state index contributed by atoms with van der Waals surface area (Å²) in [4.78, 5) is 21.3. The van der Waals surface area contributed by atoms with Crippen LogP contribution in [0.2, 0.25) is 0 Å². The first-order chi connectivity index (χ1) is 14.8. The summed E-state index contributed by atoms with van der Waals surface area (Å²) in [6, 6.07) is 5.15. The van der Waals surface area contributed by atoms with E-state index < -0.39 is 21.4 Å². The second-order valence-corrected chi connectivity index (χ2v) is 9.38. The first-order valence-electron chi connectivity index (χ1n) is 9.83. The molecule has 2 aromatic heterocycles. The quantitative estimate of drug-likeness (QED) is 0.483. The van der Waals surface area contributed by atoms with Crippen molar-refractivity contribution in [3.8, 4) is 0 Å². The van der Waals surface area contributed by atoms with Crippen LogP contribution in [0.25, 0.3) is 11.0 Å². The number of hydrogen-bond acceptors (Lipinski definition) is 7. The number of aromatic nitrogens is 3. The van der Waals surface area contributed by atoms with Crippen LogP contribution < -0.4 is 21.3 Å². The largest absolute Gasteiger partial charge is 0.322 e. The van der Waals surface area contributed by atoms with Gasteiger partial charge in [-0.15, -0.1) is 0 Å². The van der Waals surface area contributed by atoms with Crippen molar-refractivity contribution in [2.75, 3.05) is 10.7 Å². The third kappa shape index (κ3) is 3.18. The van der Waals surface area contributed by atoms with Gasteiger partial charge in [-0.2, -0.15) is 4.98 Å². The summed E-state index contributed by atoms with van der Waals surface area (Å²) in [7, 11) is -4.01. The van der Waals surface area contributed by atoms with Crippen LogP contribution in [0.3, 0.4) is 0 Å². The molecule has 10 nitrogen and oxygen atoms in total. The summed E-state index contributed by atoms with van der Waals surface area (Å²) in [6.45, 7) is 0. The highest BCUT2D eigenvalue weighted by Crippen LogP contribution is 2.42. The minimum Gasteiger partial charge on any atom is -0.322 e. The number of anilines is 3. The topological polar surface area (TPSA) is 144 Å². The van der Waals surface area contributed by atoms with Crippen molar-refractivity contribution in [2.45, 2.75) is 42.5 Å². The molecule has 1 aromatic carbocycles. The number of carbonyl (C=O) groups is 1. The fraction of sp³-hybridized carbons (Fsp3) is 0.316. The fourth-order valence-corrected chi connectivity index (χ4v) is 4.92. The van der Waals surface area contributed by atoms with Crippen LogP contribution in [0.5, 0.6) is 0 Å². The van der Waals surface area contributed by atoms with E-state index in [1.54, 1.807) is 6.20 Å². The standard InChI is InChI=1S/C19H20FN7O3S/c20-13-9-12(31(21,29)30)4-5-14(13)23-18-22-10-11-8-15-25-26-17(28)19(6-2-1-3-7-19)27(15)16(11)24-18/h4-5,8-10,25H,1-3,6-7H2,(H,26,28)(H2,21,29,30)(H,22,23,24). The van der Waals surface area contributed by atoms with Crippen molar-refractivity contribution >= 4 is 44.4 Å². The molecule has 1 saturated carbocycles. The molecule has 0 unspecified atom stereocenters. The number of nitrogens with zero attached hydrogens (tertiary/aromatic N) is 3. The Hall–Kier alpha value is -3.25. The number of amides is 1. The van der Waals surface area contributed by atoms with Crippen molar-refractivity contribution < 1.29 is 17.6 Å². The summed E-state index contributed by atoms with van der Waals surface area (Å²) in [5.74, 6) is -0.0774. The second-order valence-electron chi connectivity index (χ2n) is 7.82. The van der Waals surface area contributed by atoms with Gasteiger partial charge in [0.2, 0.25) is 16.0 Å². The molecule has 0 bridgehead atoms. The van der Waals surface area contributed by atoms with Gasteiger partial charge < -0.3 is 5.32 Å². The zero-order chi connectivity index (χ0) is 21.8. The molecule has 1 aliphatic carbocycles. The van der Waals surface area contributed by atoms with Crippen LogP contribution in [0, 0.1) is 5.82 Å². The minimum absolute atomic E-state index is 0.000390. The maximum Gasteiger partial charge on any atom is 0.264 e. The highest BCUT2D eigenvalue weighted by molar-refractivity contribution is 7.89. The number of hydrazine groups is 1. The Morgan fingerprint density at radius 2 is 1.94 bits per heavy atom. The third-order valence-corrected chi connectivity index (χ3v) is 6.80. The number of halogens is 1. The monoisotopic (exact) mass is 445 g/mol. The lowest BCUT2D eigenvalue weighted by molar-refractivity contribution is -0.131. The molecule has 12 heteroatoms. The molecule has 0 radical (unpaired) electrons. The number of nitrogens with two attached hydrogens (primary N) is 1. The van der Waals surface area contributed by atoms with Gasteiger partial charge in [-0.3, -0.25) is 20.2 Å². The molecular weight excluding hydrogens is 425 g/mol. The molecule has 3 aromatic rings.